The van der Waals surface area contributed by atoms with Gasteiger partial charge in [0.15, 0.2) is 15.8 Å². The molecule has 2 aromatic carbocycles. The summed E-state index contributed by atoms with van der Waals surface area (Å²) in [6.07, 6.45) is 2.65. The van der Waals surface area contributed by atoms with Crippen LogP contribution < -0.4 is 14.4 Å². The minimum atomic E-state index is -0.759. The predicted octanol–water partition coefficient (Wildman–Crippen LogP) is 6.17. The number of rotatable bonds is 6. The zero-order valence-electron chi connectivity index (χ0n) is 17.5. The van der Waals surface area contributed by atoms with Gasteiger partial charge >= 0.3 is 0 Å². The third kappa shape index (κ3) is 5.16. The van der Waals surface area contributed by atoms with Gasteiger partial charge in [-0.05, 0) is 66.9 Å². The molecule has 1 amide bonds. The molecule has 1 aromatic heterocycles. The van der Waals surface area contributed by atoms with Crippen LogP contribution in [0.25, 0.3) is 6.08 Å². The van der Waals surface area contributed by atoms with Crippen LogP contribution in [-0.2, 0) is 4.79 Å². The largest absolute Gasteiger partial charge is 0.490 e. The predicted molar refractivity (Wildman–Crippen MR) is 132 cm³/mol. The van der Waals surface area contributed by atoms with Crippen molar-refractivity contribution in [1.82, 2.24) is 9.97 Å². The zero-order chi connectivity index (χ0) is 23.5. The van der Waals surface area contributed by atoms with Crippen molar-refractivity contribution in [3.05, 3.63) is 75.8 Å². The van der Waals surface area contributed by atoms with Gasteiger partial charge in [0.05, 0.1) is 23.4 Å². The Morgan fingerprint density at radius 2 is 2.06 bits per heavy atom. The van der Waals surface area contributed by atoms with Crippen molar-refractivity contribution in [1.29, 1.82) is 0 Å². The van der Waals surface area contributed by atoms with Gasteiger partial charge in [0.25, 0.3) is 11.8 Å². The van der Waals surface area contributed by atoms with Gasteiger partial charge in [-0.1, -0.05) is 42.2 Å². The van der Waals surface area contributed by atoms with E-state index >= 15 is 0 Å². The highest BCUT2D eigenvalue weighted by molar-refractivity contribution is 8.27. The number of hydrogen-bond donors (Lipinski definition) is 0. The number of carbonyl (C=O) groups is 1. The second kappa shape index (κ2) is 9.86. The number of carbonyl (C=O) groups excluding carboxylic acids is 1. The molecule has 168 valence electrons. The Balaban J connectivity index is 1.63. The molecule has 0 unspecified atom stereocenters. The summed E-state index contributed by atoms with van der Waals surface area (Å²) in [7, 11) is 0. The normalized spacial score (nSPS) is 14.8. The number of anilines is 1. The van der Waals surface area contributed by atoms with E-state index in [2.05, 4.69) is 9.97 Å². The molecule has 0 aliphatic carbocycles. The van der Waals surface area contributed by atoms with Gasteiger partial charge in [-0.3, -0.25) is 9.69 Å². The fraction of sp³-hybridized carbons (Fsp3) is 0.130. The molecule has 1 saturated heterocycles. The second-order valence-electron chi connectivity index (χ2n) is 6.89. The highest BCUT2D eigenvalue weighted by Crippen LogP contribution is 2.38. The number of halogens is 2. The molecule has 0 saturated carbocycles. The monoisotopic (exact) mass is 501 g/mol. The molecule has 6 nitrogen and oxygen atoms in total. The molecule has 1 aliphatic rings. The molecule has 1 fully saturated rings. The molecular formula is C23H17ClFN3O3S2. The number of nitrogens with zero attached hydrogens (tertiary/aromatic N) is 3. The van der Waals surface area contributed by atoms with Gasteiger partial charge < -0.3 is 9.47 Å². The third-order valence-corrected chi connectivity index (χ3v) is 5.99. The summed E-state index contributed by atoms with van der Waals surface area (Å²) < 4.78 is 25.7. The maximum Gasteiger partial charge on any atom is 0.270 e. The first-order valence-electron chi connectivity index (χ1n) is 9.83. The average Bonchev–Trinajstić information content (AvgIpc) is 3.05. The fourth-order valence-electron chi connectivity index (χ4n) is 3.08. The summed E-state index contributed by atoms with van der Waals surface area (Å²) in [4.78, 5) is 22.4. The molecule has 2 heterocycles. The van der Waals surface area contributed by atoms with E-state index < -0.39 is 5.82 Å². The van der Waals surface area contributed by atoms with Crippen LogP contribution in [0.2, 0.25) is 5.28 Å². The van der Waals surface area contributed by atoms with E-state index in [4.69, 9.17) is 33.3 Å². The standard InChI is InChI=1S/C23H17ClFN3O3S2/c1-3-30-18-10-14(7-8-17(18)31-20-16(25)12-26-22(24)27-20)11-19-21(29)28(23(32)33-19)15-6-4-5-13(2)9-15/h4-12H,3H2,1-2H3/b19-11-. The van der Waals surface area contributed by atoms with Gasteiger partial charge in [0.1, 0.15) is 0 Å². The van der Waals surface area contributed by atoms with E-state index in [9.17, 15) is 9.18 Å². The molecular weight excluding hydrogens is 485 g/mol. The van der Waals surface area contributed by atoms with E-state index in [1.54, 1.807) is 24.3 Å². The number of hydrogen-bond acceptors (Lipinski definition) is 7. The SMILES string of the molecule is CCOc1cc(/C=C2\SC(=S)N(c3cccc(C)c3)C2=O)ccc1Oc1nc(Cl)ncc1F. The van der Waals surface area contributed by atoms with Crippen molar-refractivity contribution >= 4 is 57.6 Å². The lowest BCUT2D eigenvalue weighted by atomic mass is 10.1. The van der Waals surface area contributed by atoms with Crippen LogP contribution in [0.3, 0.4) is 0 Å². The Morgan fingerprint density at radius 3 is 2.82 bits per heavy atom. The highest BCUT2D eigenvalue weighted by Gasteiger charge is 2.33. The molecule has 0 N–H and O–H groups in total. The number of benzene rings is 2. The Morgan fingerprint density at radius 1 is 1.24 bits per heavy atom. The summed E-state index contributed by atoms with van der Waals surface area (Å²) in [6.45, 7) is 4.12. The van der Waals surface area contributed by atoms with Crippen molar-refractivity contribution in [3.63, 3.8) is 0 Å². The first kappa shape index (κ1) is 23.2. The Bertz CT molecular complexity index is 1290. The molecule has 1 aliphatic heterocycles. The van der Waals surface area contributed by atoms with E-state index in [1.807, 2.05) is 38.1 Å². The number of amides is 1. The molecule has 10 heteroatoms. The van der Waals surface area contributed by atoms with Gasteiger partial charge in [0, 0.05) is 0 Å². The van der Waals surface area contributed by atoms with Crippen LogP contribution in [0.1, 0.15) is 18.1 Å². The molecule has 0 radical (unpaired) electrons. The maximum absolute atomic E-state index is 14.0. The van der Waals surface area contributed by atoms with Crippen molar-refractivity contribution < 1.29 is 18.7 Å². The molecule has 3 aromatic rings. The zero-order valence-corrected chi connectivity index (χ0v) is 19.9. The fourth-order valence-corrected chi connectivity index (χ4v) is 4.51. The van der Waals surface area contributed by atoms with Crippen molar-refractivity contribution in [2.75, 3.05) is 11.5 Å². The van der Waals surface area contributed by atoms with Crippen LogP contribution in [0.4, 0.5) is 10.1 Å². The van der Waals surface area contributed by atoms with Crippen LogP contribution in [0, 0.1) is 12.7 Å². The summed E-state index contributed by atoms with van der Waals surface area (Å²) in [5.74, 6) is -0.676. The smallest absolute Gasteiger partial charge is 0.270 e. The number of thiocarbonyl (C=S) groups is 1. The van der Waals surface area contributed by atoms with Gasteiger partial charge in [0.2, 0.25) is 11.1 Å². The average molecular weight is 502 g/mol. The summed E-state index contributed by atoms with van der Waals surface area (Å²) in [6, 6.07) is 12.6. The Labute approximate surface area is 204 Å². The molecule has 33 heavy (non-hydrogen) atoms. The van der Waals surface area contributed by atoms with Gasteiger partial charge in [-0.25, -0.2) is 4.98 Å². The van der Waals surface area contributed by atoms with Crippen LogP contribution in [-0.4, -0.2) is 26.8 Å². The Kier molecular flexibility index (Phi) is 6.92. The molecule has 4 rings (SSSR count). The number of thioether (sulfide) groups is 1. The molecule has 0 spiro atoms. The van der Waals surface area contributed by atoms with E-state index in [-0.39, 0.29) is 22.8 Å². The quantitative estimate of drug-likeness (QED) is 0.227. The minimum Gasteiger partial charge on any atom is -0.490 e. The van der Waals surface area contributed by atoms with Crippen LogP contribution in [0.5, 0.6) is 17.4 Å². The summed E-state index contributed by atoms with van der Waals surface area (Å²) >= 11 is 12.4. The highest BCUT2D eigenvalue weighted by atomic mass is 35.5. The maximum atomic E-state index is 14.0. The topological polar surface area (TPSA) is 64.5 Å². The number of aromatic nitrogens is 2. The van der Waals surface area contributed by atoms with Crippen LogP contribution >= 0.6 is 35.6 Å². The van der Waals surface area contributed by atoms with Crippen molar-refractivity contribution in [2.24, 2.45) is 0 Å². The number of ether oxygens (including phenoxy) is 2. The van der Waals surface area contributed by atoms with Crippen molar-refractivity contribution in [2.45, 2.75) is 13.8 Å². The van der Waals surface area contributed by atoms with E-state index in [0.29, 0.717) is 27.1 Å². The van der Waals surface area contributed by atoms with E-state index in [0.717, 1.165) is 17.4 Å². The summed E-state index contributed by atoms with van der Waals surface area (Å²) in [5.41, 5.74) is 2.45. The first-order valence-corrected chi connectivity index (χ1v) is 11.4. The number of aryl methyl sites for hydroxylation is 1. The second-order valence-corrected chi connectivity index (χ2v) is 8.90. The lowest BCUT2D eigenvalue weighted by molar-refractivity contribution is -0.113. The third-order valence-electron chi connectivity index (χ3n) is 4.51. The molecule has 0 atom stereocenters. The molecule has 0 bridgehead atoms. The lowest BCUT2D eigenvalue weighted by Gasteiger charge is -2.15. The van der Waals surface area contributed by atoms with Crippen molar-refractivity contribution in [3.8, 4) is 17.4 Å². The summed E-state index contributed by atoms with van der Waals surface area (Å²) in [5, 5.41) is -0.142. The lowest BCUT2D eigenvalue weighted by Crippen LogP contribution is -2.27. The van der Waals surface area contributed by atoms with Crippen LogP contribution in [0.15, 0.2) is 53.6 Å². The minimum absolute atomic E-state index is 0.142. The van der Waals surface area contributed by atoms with Gasteiger partial charge in [-0.2, -0.15) is 9.37 Å². The first-order chi connectivity index (χ1) is 15.9. The van der Waals surface area contributed by atoms with E-state index in [1.165, 1.54) is 16.7 Å². The van der Waals surface area contributed by atoms with Gasteiger partial charge in [-0.15, -0.1) is 0 Å². The Hall–Kier alpha value is -3.01.